The van der Waals surface area contributed by atoms with E-state index in [4.69, 9.17) is 4.74 Å². The number of hydrogen-bond acceptors (Lipinski definition) is 3. The van der Waals surface area contributed by atoms with Gasteiger partial charge in [-0.15, -0.1) is 0 Å². The molecule has 0 unspecified atom stereocenters. The van der Waals surface area contributed by atoms with Gasteiger partial charge in [-0.2, -0.15) is 0 Å². The summed E-state index contributed by atoms with van der Waals surface area (Å²) < 4.78 is 18.8. The summed E-state index contributed by atoms with van der Waals surface area (Å²) in [4.78, 5) is 25.4. The average molecular weight is 323 g/mol. The molecule has 0 aliphatic carbocycles. The Morgan fingerprint density at radius 3 is 2.35 bits per heavy atom. The van der Waals surface area contributed by atoms with Gasteiger partial charge in [0, 0.05) is 13.1 Å². The molecular formula is C17H22FNO4. The number of carboxylic acids is 1. The molecule has 0 bridgehead atoms. The molecule has 0 aromatic heterocycles. The fourth-order valence-corrected chi connectivity index (χ4v) is 2.81. The topological polar surface area (TPSA) is 66.8 Å². The van der Waals surface area contributed by atoms with Gasteiger partial charge in [0.2, 0.25) is 0 Å². The quantitative estimate of drug-likeness (QED) is 0.908. The second kappa shape index (κ2) is 6.18. The van der Waals surface area contributed by atoms with E-state index in [1.54, 1.807) is 26.8 Å². The Bertz CT molecular complexity index is 601. The van der Waals surface area contributed by atoms with Gasteiger partial charge in [0.1, 0.15) is 11.4 Å². The van der Waals surface area contributed by atoms with E-state index in [9.17, 15) is 19.1 Å². The second-order valence-corrected chi connectivity index (χ2v) is 6.86. The smallest absolute Gasteiger partial charge is 0.410 e. The minimum Gasteiger partial charge on any atom is -0.481 e. The van der Waals surface area contributed by atoms with Crippen LogP contribution in [0.25, 0.3) is 0 Å². The van der Waals surface area contributed by atoms with Gasteiger partial charge in [-0.1, -0.05) is 12.1 Å². The van der Waals surface area contributed by atoms with Crippen LogP contribution in [0.5, 0.6) is 0 Å². The number of ether oxygens (including phenoxy) is 1. The molecule has 2 rings (SSSR count). The Morgan fingerprint density at radius 2 is 1.87 bits per heavy atom. The first-order valence-electron chi connectivity index (χ1n) is 7.61. The van der Waals surface area contributed by atoms with Crippen LogP contribution in [0.3, 0.4) is 0 Å². The summed E-state index contributed by atoms with van der Waals surface area (Å²) in [5.41, 5.74) is -1.32. The molecule has 6 heteroatoms. The third-order valence-corrected chi connectivity index (χ3v) is 4.06. The van der Waals surface area contributed by atoms with Crippen LogP contribution in [0.4, 0.5) is 9.18 Å². The molecule has 1 saturated heterocycles. The Kier molecular flexibility index (Phi) is 4.63. The summed E-state index contributed by atoms with van der Waals surface area (Å²) in [5.74, 6) is -1.45. The fraction of sp³-hybridized carbons (Fsp3) is 0.529. The lowest BCUT2D eigenvalue weighted by Gasteiger charge is -2.39. The van der Waals surface area contributed by atoms with Crippen molar-refractivity contribution < 1.29 is 23.8 Å². The van der Waals surface area contributed by atoms with Crippen molar-refractivity contribution in [2.45, 2.75) is 44.6 Å². The van der Waals surface area contributed by atoms with Crippen molar-refractivity contribution >= 4 is 12.1 Å². The van der Waals surface area contributed by atoms with Crippen LogP contribution in [-0.4, -0.2) is 40.8 Å². The van der Waals surface area contributed by atoms with Gasteiger partial charge in [-0.3, -0.25) is 4.79 Å². The van der Waals surface area contributed by atoms with Crippen molar-refractivity contribution in [3.8, 4) is 0 Å². The first-order chi connectivity index (χ1) is 10.6. The minimum absolute atomic E-state index is 0.227. The molecule has 1 aliphatic rings. The predicted molar refractivity (Wildman–Crippen MR) is 82.8 cm³/mol. The third kappa shape index (κ3) is 3.81. The van der Waals surface area contributed by atoms with Gasteiger partial charge in [0.05, 0.1) is 5.41 Å². The number of carbonyl (C=O) groups excluding carboxylic acids is 1. The number of carbonyl (C=O) groups is 2. The molecule has 23 heavy (non-hydrogen) atoms. The Morgan fingerprint density at radius 1 is 1.26 bits per heavy atom. The lowest BCUT2D eigenvalue weighted by molar-refractivity contribution is -0.146. The van der Waals surface area contributed by atoms with E-state index in [1.807, 2.05) is 0 Å². The Hall–Kier alpha value is -2.11. The number of nitrogens with zero attached hydrogens (tertiary/aromatic N) is 1. The molecule has 1 amide bonds. The van der Waals surface area contributed by atoms with E-state index in [1.165, 1.54) is 23.1 Å². The second-order valence-electron chi connectivity index (χ2n) is 6.86. The summed E-state index contributed by atoms with van der Waals surface area (Å²) in [6.07, 6.45) is 0.00603. The van der Waals surface area contributed by atoms with Crippen LogP contribution in [0.15, 0.2) is 24.3 Å². The minimum atomic E-state index is -1.17. The van der Waals surface area contributed by atoms with Gasteiger partial charge in [-0.05, 0) is 51.3 Å². The Balaban J connectivity index is 2.16. The van der Waals surface area contributed by atoms with E-state index in [0.717, 1.165) is 0 Å². The van der Waals surface area contributed by atoms with Crippen LogP contribution in [0.1, 0.15) is 39.2 Å². The lowest BCUT2D eigenvalue weighted by atomic mass is 9.73. The highest BCUT2D eigenvalue weighted by Gasteiger charge is 2.44. The molecule has 0 saturated carbocycles. The first-order valence-corrected chi connectivity index (χ1v) is 7.61. The van der Waals surface area contributed by atoms with E-state index in [0.29, 0.717) is 5.56 Å². The van der Waals surface area contributed by atoms with Gasteiger partial charge >= 0.3 is 12.1 Å². The number of amides is 1. The van der Waals surface area contributed by atoms with Gasteiger partial charge in [0.15, 0.2) is 0 Å². The third-order valence-electron chi connectivity index (χ3n) is 4.06. The number of piperidine rings is 1. The van der Waals surface area contributed by atoms with E-state index >= 15 is 0 Å². The fourth-order valence-electron chi connectivity index (χ4n) is 2.81. The normalized spacial score (nSPS) is 17.7. The van der Waals surface area contributed by atoms with Crippen LogP contribution < -0.4 is 0 Å². The summed E-state index contributed by atoms with van der Waals surface area (Å²) in [7, 11) is 0. The van der Waals surface area contributed by atoms with Crippen molar-refractivity contribution in [3.63, 3.8) is 0 Å². The number of halogens is 1. The zero-order valence-corrected chi connectivity index (χ0v) is 13.6. The zero-order valence-electron chi connectivity index (χ0n) is 13.6. The molecule has 1 N–H and O–H groups in total. The molecule has 0 radical (unpaired) electrons. The van der Waals surface area contributed by atoms with Gasteiger partial charge in [-0.25, -0.2) is 9.18 Å². The van der Waals surface area contributed by atoms with Crippen molar-refractivity contribution in [2.24, 2.45) is 0 Å². The monoisotopic (exact) mass is 323 g/mol. The molecule has 126 valence electrons. The summed E-state index contributed by atoms with van der Waals surface area (Å²) in [6, 6.07) is 5.68. The maximum absolute atomic E-state index is 13.5. The summed E-state index contributed by atoms with van der Waals surface area (Å²) in [6.45, 7) is 5.87. The molecule has 1 fully saturated rings. The number of rotatable bonds is 2. The largest absolute Gasteiger partial charge is 0.481 e. The van der Waals surface area contributed by atoms with Crippen LogP contribution in [0, 0.1) is 5.82 Å². The zero-order chi connectivity index (χ0) is 17.3. The molecule has 1 aromatic carbocycles. The van der Waals surface area contributed by atoms with Gasteiger partial charge < -0.3 is 14.7 Å². The van der Waals surface area contributed by atoms with E-state index < -0.39 is 28.9 Å². The van der Waals surface area contributed by atoms with Crippen LogP contribution >= 0.6 is 0 Å². The number of likely N-dealkylation sites (tertiary alicyclic amines) is 1. The van der Waals surface area contributed by atoms with E-state index in [-0.39, 0.29) is 25.9 Å². The molecule has 1 aliphatic heterocycles. The molecule has 0 spiro atoms. The molecule has 0 atom stereocenters. The highest BCUT2D eigenvalue weighted by atomic mass is 19.1. The highest BCUT2D eigenvalue weighted by Crippen LogP contribution is 2.36. The lowest BCUT2D eigenvalue weighted by Crippen LogP contribution is -2.50. The van der Waals surface area contributed by atoms with Crippen molar-refractivity contribution in [2.75, 3.05) is 13.1 Å². The predicted octanol–water partition coefficient (Wildman–Crippen LogP) is 3.18. The van der Waals surface area contributed by atoms with Crippen molar-refractivity contribution in [3.05, 3.63) is 35.6 Å². The number of benzene rings is 1. The maximum atomic E-state index is 13.5. The van der Waals surface area contributed by atoms with Gasteiger partial charge in [0.25, 0.3) is 0 Å². The summed E-state index contributed by atoms with van der Waals surface area (Å²) in [5, 5.41) is 9.69. The standard InChI is InChI=1S/C17H22FNO4/c1-16(2,3)23-15(22)19-9-7-17(8-10-19,14(20)21)12-5-4-6-13(18)11-12/h4-6,11H,7-10H2,1-3H3,(H,20,21). The molecule has 1 heterocycles. The van der Waals surface area contributed by atoms with E-state index in [2.05, 4.69) is 0 Å². The van der Waals surface area contributed by atoms with Crippen LogP contribution in [0.2, 0.25) is 0 Å². The average Bonchev–Trinajstić information content (AvgIpc) is 2.45. The van der Waals surface area contributed by atoms with Crippen molar-refractivity contribution in [1.29, 1.82) is 0 Å². The van der Waals surface area contributed by atoms with Crippen molar-refractivity contribution in [1.82, 2.24) is 4.90 Å². The number of aliphatic carboxylic acids is 1. The Labute approximate surface area is 135 Å². The first kappa shape index (κ1) is 17.2. The number of carboxylic acid groups (broad SMARTS) is 1. The SMILES string of the molecule is CC(C)(C)OC(=O)N1CCC(C(=O)O)(c2cccc(F)c2)CC1. The molecular weight excluding hydrogens is 301 g/mol. The maximum Gasteiger partial charge on any atom is 0.410 e. The summed E-state index contributed by atoms with van der Waals surface area (Å²) >= 11 is 0. The molecule has 1 aromatic rings. The highest BCUT2D eigenvalue weighted by molar-refractivity contribution is 5.82. The number of hydrogen-bond donors (Lipinski definition) is 1. The molecule has 5 nitrogen and oxygen atoms in total. The van der Waals surface area contributed by atoms with Crippen LogP contribution in [-0.2, 0) is 14.9 Å².